The minimum Gasteiger partial charge on any atom is -0.394 e. The van der Waals surface area contributed by atoms with Gasteiger partial charge in [0, 0.05) is 138 Å². The molecule has 16 unspecified atom stereocenters. The van der Waals surface area contributed by atoms with E-state index in [0.29, 0.717) is 77.0 Å². The quantitative estimate of drug-likeness (QED) is 0.0201. The molecule has 46 heteroatoms. The molecule has 18 atom stereocenters. The van der Waals surface area contributed by atoms with Crippen LogP contribution in [0.4, 0.5) is 0 Å². The van der Waals surface area contributed by atoms with Crippen LogP contribution in [0, 0.1) is 0 Å². The van der Waals surface area contributed by atoms with Gasteiger partial charge in [0.05, 0.1) is 84.8 Å². The molecule has 0 aliphatic carbocycles. The summed E-state index contributed by atoms with van der Waals surface area (Å²) < 4.78 is 74.1. The Morgan fingerprint density at radius 3 is 1.01 bits per heavy atom. The average Bonchev–Trinajstić information content (AvgIpc) is 1.16. The molecular weight excluding hydrogens is 1690 g/mol. The smallest absolute Gasteiger partial charge is 0.394 e. The number of hydrogen-bond acceptors (Lipinski definition) is 33. The second kappa shape index (κ2) is 63.5. The number of ether oxygens (including phenoxy) is 9. The Kier molecular flexibility index (Phi) is 56.4. The van der Waals surface area contributed by atoms with E-state index >= 15 is 0 Å². The lowest BCUT2D eigenvalue weighted by molar-refractivity contribution is -0.270. The summed E-state index contributed by atoms with van der Waals surface area (Å²) in [5, 5.41) is 129. The highest BCUT2D eigenvalue weighted by molar-refractivity contribution is 7.47. The average molecular weight is 1840 g/mol. The molecule has 0 aromatic heterocycles. The van der Waals surface area contributed by atoms with Gasteiger partial charge in [-0.25, -0.2) is 4.57 Å². The van der Waals surface area contributed by atoms with Crippen molar-refractivity contribution in [3.05, 3.63) is 0 Å². The van der Waals surface area contributed by atoms with Crippen LogP contribution in [0.3, 0.4) is 0 Å². The van der Waals surface area contributed by atoms with Crippen LogP contribution in [-0.4, -0.2) is 374 Å². The molecule has 4 saturated heterocycles. The van der Waals surface area contributed by atoms with Crippen LogP contribution in [0.5, 0.6) is 0 Å². The second-order valence-corrected chi connectivity index (χ2v) is 33.2. The van der Waals surface area contributed by atoms with E-state index < -0.39 is 179 Å². The normalized spacial score (nSPS) is 25.1. The maximum Gasteiger partial charge on any atom is 0.472 e. The van der Waals surface area contributed by atoms with Gasteiger partial charge in [0.25, 0.3) is 0 Å². The number of unbranched alkanes of at least 4 members (excludes halogenated alkanes) is 10. The zero-order valence-corrected chi connectivity index (χ0v) is 74.1. The molecule has 4 aliphatic heterocycles. The number of rotatable bonds is 68. The zero-order chi connectivity index (χ0) is 92.8. The van der Waals surface area contributed by atoms with E-state index in [9.17, 15) is 113 Å². The molecule has 0 radical (unpaired) electrons. The number of hydrogen-bond donors (Lipinski definition) is 21. The summed E-state index contributed by atoms with van der Waals surface area (Å²) in [6, 6.07) is -3.90. The molecule has 4 heterocycles. The molecule has 0 bridgehead atoms. The summed E-state index contributed by atoms with van der Waals surface area (Å²) in [6.45, 7) is 3.35. The Morgan fingerprint density at radius 1 is 0.389 bits per heavy atom. The van der Waals surface area contributed by atoms with Gasteiger partial charge in [-0.15, -0.1) is 0 Å². The third-order valence-corrected chi connectivity index (χ3v) is 22.0. The van der Waals surface area contributed by atoms with Crippen molar-refractivity contribution in [2.45, 2.75) is 304 Å². The fourth-order valence-corrected chi connectivity index (χ4v) is 14.9. The molecule has 45 nitrogen and oxygen atoms in total. The largest absolute Gasteiger partial charge is 0.472 e. The van der Waals surface area contributed by atoms with Crippen molar-refractivity contribution in [1.29, 1.82) is 0 Å². The predicted molar refractivity (Wildman–Crippen MR) is 444 cm³/mol. The van der Waals surface area contributed by atoms with Crippen LogP contribution in [0.15, 0.2) is 0 Å². The molecule has 0 saturated carbocycles. The molecular formula is C80H144N11O34P. The molecule has 4 rings (SSSR count). The minimum atomic E-state index is -4.30. The summed E-state index contributed by atoms with van der Waals surface area (Å²) in [6.07, 6.45) is -6.84. The fourth-order valence-electron chi connectivity index (χ4n) is 14.2. The summed E-state index contributed by atoms with van der Waals surface area (Å²) in [5.74, 6) is -4.07. The highest BCUT2D eigenvalue weighted by Gasteiger charge is 2.49. The molecule has 728 valence electrons. The molecule has 21 N–H and O–H groups in total. The third-order valence-electron chi connectivity index (χ3n) is 20.9. The summed E-state index contributed by atoms with van der Waals surface area (Å²) in [7, 11) is -4.30. The van der Waals surface area contributed by atoms with Crippen LogP contribution >= 0.6 is 7.82 Å². The SMILES string of the molecule is CCOP(=O)(O)OC[C@@H]1C[C@@H](O)CN1C(=O)CCCCCCCCCCC(=O)NC(COCCC(=O)NCCCNC(=O)CCCCOC1OC(CO)C(O)C(O)C1NC(C)=O)(COCCC(=O)NCCCNC(=O)CCCCOC1OC(CO)C(O)C(O)C1NC(C)=O)COCCC(=O)NCCCNC(=O)CCCCOC1OC(CO)C(O)C(O)C1NC(C)=O. The fraction of sp³-hybridized carbons (Fsp3) is 0.863. The highest BCUT2D eigenvalue weighted by Crippen LogP contribution is 2.44. The van der Waals surface area contributed by atoms with Gasteiger partial charge in [0.15, 0.2) is 18.9 Å². The van der Waals surface area contributed by atoms with Crippen LogP contribution in [-0.2, 0) is 109 Å². The first-order chi connectivity index (χ1) is 60.3. The van der Waals surface area contributed by atoms with Crippen molar-refractivity contribution in [3.63, 3.8) is 0 Å². The second-order valence-electron chi connectivity index (χ2n) is 31.8. The van der Waals surface area contributed by atoms with E-state index in [0.717, 1.165) is 32.1 Å². The molecule has 4 aliphatic rings. The van der Waals surface area contributed by atoms with Crippen LogP contribution in [0.25, 0.3) is 0 Å². The van der Waals surface area contributed by atoms with Crippen molar-refractivity contribution in [3.8, 4) is 0 Å². The maximum absolute atomic E-state index is 14.1. The van der Waals surface area contributed by atoms with Crippen molar-refractivity contribution in [2.75, 3.05) is 138 Å². The first-order valence-corrected chi connectivity index (χ1v) is 45.5. The number of phosphoric acid groups is 1. The first-order valence-electron chi connectivity index (χ1n) is 44.0. The van der Waals surface area contributed by atoms with Crippen LogP contribution in [0.1, 0.15) is 195 Å². The minimum absolute atomic E-state index is 0.0431. The molecule has 0 aromatic carbocycles. The summed E-state index contributed by atoms with van der Waals surface area (Å²) >= 11 is 0. The number of nitrogens with one attached hydrogen (secondary N) is 10. The van der Waals surface area contributed by atoms with Gasteiger partial charge in [-0.3, -0.25) is 61.8 Å². The third kappa shape index (κ3) is 45.4. The van der Waals surface area contributed by atoms with Gasteiger partial charge in [-0.05, 0) is 84.0 Å². The van der Waals surface area contributed by atoms with Crippen molar-refractivity contribution in [2.24, 2.45) is 0 Å². The van der Waals surface area contributed by atoms with Crippen molar-refractivity contribution < 1.29 is 165 Å². The number of likely N-dealkylation sites (tertiary alicyclic amines) is 1. The van der Waals surface area contributed by atoms with E-state index in [4.69, 9.17) is 51.7 Å². The molecule has 0 aromatic rings. The Balaban J connectivity index is 1.32. The van der Waals surface area contributed by atoms with E-state index in [1.165, 1.54) is 25.7 Å². The Morgan fingerprint density at radius 2 is 0.690 bits per heavy atom. The Bertz CT molecular complexity index is 3000. The van der Waals surface area contributed by atoms with Crippen molar-refractivity contribution >= 4 is 72.8 Å². The van der Waals surface area contributed by atoms with Crippen LogP contribution in [0.2, 0.25) is 0 Å². The number of β-amino-alcohol motifs (C(OH)–C–C–N with tert-alkyl or cyclic N) is 1. The van der Waals surface area contributed by atoms with Gasteiger partial charge in [0.2, 0.25) is 65.0 Å². The number of nitrogens with zero attached hydrogens (tertiary/aromatic N) is 1. The first kappa shape index (κ1) is 112. The molecule has 11 amide bonds. The predicted octanol–water partition coefficient (Wildman–Crippen LogP) is -4.66. The topological polar surface area (TPSA) is 652 Å². The zero-order valence-electron chi connectivity index (χ0n) is 73.3. The summed E-state index contributed by atoms with van der Waals surface area (Å²) in [4.78, 5) is 151. The number of carbonyl (C=O) groups excluding carboxylic acids is 11. The number of aliphatic hydroxyl groups excluding tert-OH is 10. The molecule has 126 heavy (non-hydrogen) atoms. The van der Waals surface area contributed by atoms with Gasteiger partial charge >= 0.3 is 7.82 Å². The van der Waals surface area contributed by atoms with Gasteiger partial charge < -0.3 is 157 Å². The molecule has 4 fully saturated rings. The summed E-state index contributed by atoms with van der Waals surface area (Å²) in [5.41, 5.74) is -1.46. The highest BCUT2D eigenvalue weighted by atomic mass is 31.2. The van der Waals surface area contributed by atoms with Crippen LogP contribution < -0.4 is 53.2 Å². The number of amides is 11. The lowest BCUT2D eigenvalue weighted by atomic mass is 9.97. The van der Waals surface area contributed by atoms with Gasteiger partial charge in [0.1, 0.15) is 78.6 Å². The van der Waals surface area contributed by atoms with E-state index in [-0.39, 0.29) is 200 Å². The lowest BCUT2D eigenvalue weighted by Crippen LogP contribution is -2.64. The Hall–Kier alpha value is -6.48. The maximum atomic E-state index is 14.1. The number of phosphoric ester groups is 1. The van der Waals surface area contributed by atoms with E-state index in [2.05, 4.69) is 53.2 Å². The number of carbonyl (C=O) groups is 11. The van der Waals surface area contributed by atoms with E-state index in [1.54, 1.807) is 6.92 Å². The Labute approximate surface area is 735 Å². The van der Waals surface area contributed by atoms with Gasteiger partial charge in [-0.2, -0.15) is 0 Å². The van der Waals surface area contributed by atoms with Gasteiger partial charge in [-0.1, -0.05) is 38.5 Å². The standard InChI is InChI=1S/C80H144N11O34P/c1-5-121-126(113,114)122-48-55-43-56(98)44-91(55)67(106)27-13-11-9-7-6-8-10-12-26-66(105)90-80(49-115-40-28-63(102)84-34-20-31-81-60(99)23-14-17-37-118-77-68(87-52(2)95)74(110)71(107)57(45-92)123-77,50-116-41-29-64(103)85-35-21-32-82-61(100)24-15-18-38-119-78-69(88-53(3)96)75(111)72(108)58(46-93)124-78)51-117-42-30-65(104)86-36-22-33-83-62(101)25-16-19-39-120-79-70(89-54(4)97)76(112)73(109)59(47-94)125-79/h55-59,68-79,92-94,98,107-112H,5-51H2,1-4H3,(H,81,99)(H,82,100)(H,83,101)(H,84,102)(H,85,103)(H,86,104)(H,87,95)(H,88,96)(H,89,97)(H,90,105)(H,113,114)/t55-,56+,57?,58?,59?,68?,69?,70?,71?,72?,73?,74?,75?,76?,77?,78?,79?,80?/m0/s1. The number of aliphatic hydroxyl groups is 10. The lowest BCUT2D eigenvalue weighted by Gasteiger charge is -2.42. The monoisotopic (exact) mass is 1830 g/mol. The van der Waals surface area contributed by atoms with Crippen molar-refractivity contribution in [1.82, 2.24) is 58.1 Å². The van der Waals surface area contributed by atoms with E-state index in [1.807, 2.05) is 0 Å². The molecule has 0 spiro atoms.